The summed E-state index contributed by atoms with van der Waals surface area (Å²) in [6.07, 6.45) is 4.22. The van der Waals surface area contributed by atoms with Gasteiger partial charge in [0, 0.05) is 12.1 Å². The molecule has 0 unspecified atom stereocenters. The number of amides is 1. The van der Waals surface area contributed by atoms with E-state index in [0.717, 1.165) is 55.2 Å². The number of rotatable bonds is 5. The van der Waals surface area contributed by atoms with Gasteiger partial charge in [0.2, 0.25) is 6.29 Å². The maximum atomic E-state index is 11.9. The largest absolute Gasteiger partial charge is 0.446 e. The summed E-state index contributed by atoms with van der Waals surface area (Å²) in [4.78, 5) is 41.3. The Hall–Kier alpha value is -4.75. The summed E-state index contributed by atoms with van der Waals surface area (Å²) in [5, 5.41) is 24.2. The Bertz CT molecular complexity index is 1410. The highest BCUT2D eigenvalue weighted by Crippen LogP contribution is 2.34. The summed E-state index contributed by atoms with van der Waals surface area (Å²) in [7, 11) is 0. The van der Waals surface area contributed by atoms with Gasteiger partial charge in [0.15, 0.2) is 0 Å². The van der Waals surface area contributed by atoms with Crippen LogP contribution in [0.1, 0.15) is 70.4 Å². The van der Waals surface area contributed by atoms with Crippen LogP contribution >= 0.6 is 0 Å². The van der Waals surface area contributed by atoms with Crippen molar-refractivity contribution in [2.75, 3.05) is 11.1 Å². The molecule has 232 valence electrons. The second-order valence-electron chi connectivity index (χ2n) is 10.5. The molecule has 0 radical (unpaired) electrons. The van der Waals surface area contributed by atoms with Gasteiger partial charge in [-0.25, -0.2) is 4.79 Å². The van der Waals surface area contributed by atoms with E-state index in [9.17, 15) is 38.2 Å². The molecule has 4 rings (SSSR count). The molecule has 1 amide bonds. The maximum absolute atomic E-state index is 11.9. The van der Waals surface area contributed by atoms with Crippen molar-refractivity contribution in [1.82, 2.24) is 0 Å². The summed E-state index contributed by atoms with van der Waals surface area (Å²) < 4.78 is 36.4. The lowest BCUT2D eigenvalue weighted by Crippen LogP contribution is -2.27. The molecule has 2 aliphatic carbocycles. The Morgan fingerprint density at radius 2 is 1.37 bits per heavy atom. The van der Waals surface area contributed by atoms with Gasteiger partial charge in [-0.2, -0.15) is 13.2 Å². The number of nitrogens with two attached hydrogens (primary N) is 1. The van der Waals surface area contributed by atoms with Gasteiger partial charge in [-0.15, -0.1) is 0 Å². The summed E-state index contributed by atoms with van der Waals surface area (Å²) in [6, 6.07) is 9.71. The predicted octanol–water partition coefficient (Wildman–Crippen LogP) is 8.00. The average molecular weight is 607 g/mol. The SMILES string of the molecule is CC(C)(C)OC(=O)Nc1cc(C2=CCCC2)ccc1[N+](=O)[O-].Nc1cc(C2=CCCC2)ccc1[N+](=O)[O-].O=CC(F)(F)F. The molecule has 11 nitrogen and oxygen atoms in total. The van der Waals surface area contributed by atoms with E-state index in [-0.39, 0.29) is 22.7 Å². The zero-order valence-corrected chi connectivity index (χ0v) is 23.9. The number of ether oxygens (including phenoxy) is 1. The molecule has 0 aliphatic heterocycles. The summed E-state index contributed by atoms with van der Waals surface area (Å²) in [5.74, 6) is 0. The van der Waals surface area contributed by atoms with Crippen LogP contribution in [0.25, 0.3) is 11.1 Å². The minimum Gasteiger partial charge on any atom is -0.444 e. The Labute approximate surface area is 245 Å². The van der Waals surface area contributed by atoms with Crippen molar-refractivity contribution in [3.8, 4) is 0 Å². The molecule has 3 N–H and O–H groups in total. The van der Waals surface area contributed by atoms with E-state index >= 15 is 0 Å². The Morgan fingerprint density at radius 3 is 1.74 bits per heavy atom. The summed E-state index contributed by atoms with van der Waals surface area (Å²) >= 11 is 0. The van der Waals surface area contributed by atoms with Gasteiger partial charge in [0.05, 0.1) is 9.85 Å². The molecule has 0 fully saturated rings. The number of carbonyl (C=O) groups excluding carboxylic acids is 2. The second-order valence-corrected chi connectivity index (χ2v) is 10.5. The third kappa shape index (κ3) is 11.6. The molecule has 0 bridgehead atoms. The number of nitro groups is 2. The predicted molar refractivity (Wildman–Crippen MR) is 156 cm³/mol. The number of nitro benzene ring substituents is 2. The van der Waals surface area contributed by atoms with Crippen LogP contribution in [0.3, 0.4) is 0 Å². The third-order valence-corrected chi connectivity index (χ3v) is 6.01. The number of alkyl halides is 3. The van der Waals surface area contributed by atoms with E-state index in [0.29, 0.717) is 0 Å². The number of aldehydes is 1. The molecule has 2 aromatic rings. The van der Waals surface area contributed by atoms with Crippen molar-refractivity contribution in [3.05, 3.63) is 79.9 Å². The van der Waals surface area contributed by atoms with Crippen LogP contribution in [0.2, 0.25) is 0 Å². The lowest BCUT2D eigenvalue weighted by Gasteiger charge is -2.19. The first-order valence-corrected chi connectivity index (χ1v) is 13.2. The summed E-state index contributed by atoms with van der Waals surface area (Å²) in [6.45, 7) is 5.21. The number of allylic oxidation sites excluding steroid dienone is 4. The van der Waals surface area contributed by atoms with Crippen LogP contribution in [-0.4, -0.2) is 34.0 Å². The number of carbonyl (C=O) groups is 2. The molecular formula is C29H33F3N4O7. The van der Waals surface area contributed by atoms with Gasteiger partial charge >= 0.3 is 12.3 Å². The van der Waals surface area contributed by atoms with Gasteiger partial charge in [0.25, 0.3) is 11.4 Å². The number of nitrogens with one attached hydrogen (secondary N) is 1. The van der Waals surface area contributed by atoms with Crippen molar-refractivity contribution in [1.29, 1.82) is 0 Å². The maximum Gasteiger partial charge on any atom is 0.446 e. The quantitative estimate of drug-likeness (QED) is 0.149. The number of benzene rings is 2. The zero-order valence-electron chi connectivity index (χ0n) is 23.9. The fourth-order valence-corrected chi connectivity index (χ4v) is 4.20. The van der Waals surface area contributed by atoms with Crippen LogP contribution in [0.15, 0.2) is 48.6 Å². The first-order valence-electron chi connectivity index (χ1n) is 13.2. The molecule has 0 saturated carbocycles. The van der Waals surface area contributed by atoms with Crippen molar-refractivity contribution in [3.63, 3.8) is 0 Å². The molecule has 43 heavy (non-hydrogen) atoms. The highest BCUT2D eigenvalue weighted by molar-refractivity contribution is 5.89. The zero-order chi connectivity index (χ0) is 32.4. The van der Waals surface area contributed by atoms with Crippen molar-refractivity contribution in [2.24, 2.45) is 0 Å². The molecule has 0 saturated heterocycles. The normalized spacial score (nSPS) is 14.2. The molecule has 14 heteroatoms. The van der Waals surface area contributed by atoms with E-state index in [4.69, 9.17) is 15.3 Å². The highest BCUT2D eigenvalue weighted by atomic mass is 19.4. The van der Waals surface area contributed by atoms with Crippen molar-refractivity contribution < 1.29 is 37.3 Å². The van der Waals surface area contributed by atoms with Gasteiger partial charge in [0.1, 0.15) is 17.0 Å². The average Bonchev–Trinajstić information content (AvgIpc) is 3.62. The molecule has 0 atom stereocenters. The van der Waals surface area contributed by atoms with Gasteiger partial charge in [-0.05, 0) is 106 Å². The van der Waals surface area contributed by atoms with E-state index in [2.05, 4.69) is 17.5 Å². The number of nitrogen functional groups attached to an aromatic ring is 1. The van der Waals surface area contributed by atoms with Gasteiger partial charge in [-0.1, -0.05) is 12.2 Å². The minimum absolute atomic E-state index is 0.0163. The molecule has 2 aromatic carbocycles. The molecule has 0 spiro atoms. The highest BCUT2D eigenvalue weighted by Gasteiger charge is 2.25. The van der Waals surface area contributed by atoms with E-state index in [1.54, 1.807) is 45.0 Å². The molecule has 0 aromatic heterocycles. The number of anilines is 2. The smallest absolute Gasteiger partial charge is 0.444 e. The molecular weight excluding hydrogens is 573 g/mol. The number of hydrogen-bond acceptors (Lipinski definition) is 8. The molecule has 2 aliphatic rings. The summed E-state index contributed by atoms with van der Waals surface area (Å²) in [5.41, 5.74) is 9.50. The fourth-order valence-electron chi connectivity index (χ4n) is 4.20. The van der Waals surface area contributed by atoms with Gasteiger partial charge < -0.3 is 10.5 Å². The van der Waals surface area contributed by atoms with Crippen LogP contribution in [0.4, 0.5) is 40.7 Å². The topological polar surface area (TPSA) is 168 Å². The number of halogens is 3. The van der Waals surface area contributed by atoms with E-state index < -0.39 is 34.0 Å². The van der Waals surface area contributed by atoms with Gasteiger partial charge in [-0.3, -0.25) is 30.3 Å². The molecule has 0 heterocycles. The number of nitrogens with zero attached hydrogens (tertiary/aromatic N) is 2. The third-order valence-electron chi connectivity index (χ3n) is 6.01. The Morgan fingerprint density at radius 1 is 0.907 bits per heavy atom. The monoisotopic (exact) mass is 606 g/mol. The second kappa shape index (κ2) is 14.9. The van der Waals surface area contributed by atoms with Crippen LogP contribution in [-0.2, 0) is 9.53 Å². The minimum atomic E-state index is -4.64. The number of hydrogen-bond donors (Lipinski definition) is 2. The van der Waals surface area contributed by atoms with Crippen molar-refractivity contribution in [2.45, 2.75) is 71.1 Å². The first-order chi connectivity index (χ1) is 20.0. The lowest BCUT2D eigenvalue weighted by atomic mass is 10.0. The van der Waals surface area contributed by atoms with E-state index in [1.165, 1.54) is 17.7 Å². The standard InChI is InChI=1S/C16H20N2O4.C11H12N2O2.C2HF3O/c1-16(2,3)22-15(19)17-13-10-12(11-6-4-5-7-11)8-9-14(13)18(20)21;12-10-7-9(8-3-1-2-4-8)5-6-11(10)13(14)15;3-2(4,5)1-6/h6,8-10H,4-5,7H2,1-3H3,(H,17,19);3,5-7H,1-2,4,12H2;1H. The van der Waals surface area contributed by atoms with Crippen molar-refractivity contribution >= 4 is 46.3 Å². The Kier molecular flexibility index (Phi) is 12.0. The van der Waals surface area contributed by atoms with Crippen LogP contribution in [0.5, 0.6) is 0 Å². The van der Waals surface area contributed by atoms with Crippen LogP contribution < -0.4 is 11.1 Å². The Balaban J connectivity index is 0.000000264. The van der Waals surface area contributed by atoms with Crippen LogP contribution in [0, 0.1) is 20.2 Å². The fraction of sp³-hybridized carbons (Fsp3) is 0.379. The lowest BCUT2D eigenvalue weighted by molar-refractivity contribution is -0.384. The van der Waals surface area contributed by atoms with E-state index in [1.807, 2.05) is 0 Å². The first kappa shape index (κ1) is 34.5.